The van der Waals surface area contributed by atoms with Crippen LogP contribution in [0.1, 0.15) is 5.56 Å². The Hall–Kier alpha value is -1.49. The second-order valence-corrected chi connectivity index (χ2v) is 6.42. The van der Waals surface area contributed by atoms with Gasteiger partial charge in [0.25, 0.3) is 0 Å². The molecule has 0 aliphatic carbocycles. The van der Waals surface area contributed by atoms with E-state index in [1.165, 1.54) is 6.92 Å². The molecule has 1 rings (SSSR count). The van der Waals surface area contributed by atoms with Gasteiger partial charge in [-0.2, -0.15) is 26.3 Å². The fourth-order valence-corrected chi connectivity index (χ4v) is 2.84. The van der Waals surface area contributed by atoms with Gasteiger partial charge in [-0.05, 0) is 24.2 Å². The Morgan fingerprint density at radius 3 is 2.12 bits per heavy atom. The first-order chi connectivity index (χ1) is 10.7. The smallest absolute Gasteiger partial charge is 0.449 e. The molecular formula is C13H13F7N2OS. The Balaban J connectivity index is 3.38. The lowest BCUT2D eigenvalue weighted by Gasteiger charge is -2.19. The zero-order chi connectivity index (χ0) is 18.9. The van der Waals surface area contributed by atoms with Gasteiger partial charge >= 0.3 is 12.4 Å². The molecule has 0 saturated carbocycles. The van der Waals surface area contributed by atoms with Crippen molar-refractivity contribution in [1.82, 2.24) is 4.90 Å². The summed E-state index contributed by atoms with van der Waals surface area (Å²) in [7, 11) is 2.06. The van der Waals surface area contributed by atoms with Gasteiger partial charge in [0.05, 0.1) is 0 Å². The summed E-state index contributed by atoms with van der Waals surface area (Å²) in [5.74, 6) is -4.30. The fourth-order valence-electron chi connectivity index (χ4n) is 1.73. The first-order valence-corrected chi connectivity index (χ1v) is 7.62. The fraction of sp³-hybridized carbons (Fsp3) is 0.462. The zero-order valence-corrected chi connectivity index (χ0v) is 13.5. The molecule has 0 radical (unpaired) electrons. The molecule has 0 heterocycles. The van der Waals surface area contributed by atoms with E-state index in [0.717, 1.165) is 14.1 Å². The van der Waals surface area contributed by atoms with Crippen LogP contribution in [-0.4, -0.2) is 47.5 Å². The zero-order valence-electron chi connectivity index (χ0n) is 12.7. The monoisotopic (exact) mass is 378 g/mol. The summed E-state index contributed by atoms with van der Waals surface area (Å²) in [6.07, 6.45) is -9.64. The van der Waals surface area contributed by atoms with E-state index in [9.17, 15) is 35.3 Å². The van der Waals surface area contributed by atoms with Crippen LogP contribution >= 0.6 is 0 Å². The average molecular weight is 378 g/mol. The van der Waals surface area contributed by atoms with Crippen LogP contribution < -0.4 is 0 Å². The molecule has 11 heteroatoms. The molecule has 1 aromatic carbocycles. The number of benzene rings is 1. The molecule has 3 nitrogen and oxygen atoms in total. The van der Waals surface area contributed by atoms with Crippen molar-refractivity contribution >= 4 is 22.7 Å². The van der Waals surface area contributed by atoms with Crippen LogP contribution in [0.5, 0.6) is 0 Å². The lowest BCUT2D eigenvalue weighted by molar-refractivity contribution is -0.106. The lowest BCUT2D eigenvalue weighted by Crippen LogP contribution is -2.36. The Morgan fingerprint density at radius 2 is 1.71 bits per heavy atom. The van der Waals surface area contributed by atoms with Crippen molar-refractivity contribution in [3.8, 4) is 0 Å². The molecule has 0 saturated heterocycles. The van der Waals surface area contributed by atoms with E-state index in [-0.39, 0.29) is 5.56 Å². The van der Waals surface area contributed by atoms with Crippen molar-refractivity contribution in [3.63, 3.8) is 0 Å². The summed E-state index contributed by atoms with van der Waals surface area (Å²) < 4.78 is 101. The lowest BCUT2D eigenvalue weighted by atomic mass is 10.2. The quantitative estimate of drug-likeness (QED) is 0.346. The van der Waals surface area contributed by atoms with Gasteiger partial charge in [0.15, 0.2) is 4.90 Å². The van der Waals surface area contributed by atoms with Gasteiger partial charge in [0, 0.05) is 25.7 Å². The highest BCUT2D eigenvalue weighted by atomic mass is 32.2. The first-order valence-electron chi connectivity index (χ1n) is 6.31. The van der Waals surface area contributed by atoms with Gasteiger partial charge in [0.1, 0.15) is 11.5 Å². The minimum atomic E-state index is -4.90. The molecule has 0 spiro atoms. The standard InChI is InChI=1S/C13H13F7N2OS/c1-7-4-8(14)9(21-11(22(2)3)13(18,19)20)5-10(7)24(23)6-12(15,16)17/h4-5H,6H2,1-3H3/b21-11+. The third-order valence-electron chi connectivity index (χ3n) is 2.69. The number of rotatable bonds is 3. The van der Waals surface area contributed by atoms with E-state index in [4.69, 9.17) is 0 Å². The SMILES string of the molecule is Cc1cc(F)c(/N=C(/N(C)C)C(F)(F)F)cc1[S+]([O-])CC(F)(F)F. The normalized spacial score (nSPS) is 14.7. The second kappa shape index (κ2) is 7.18. The topological polar surface area (TPSA) is 38.7 Å². The summed E-state index contributed by atoms with van der Waals surface area (Å²) >= 11 is -2.59. The van der Waals surface area contributed by atoms with Gasteiger partial charge in [-0.15, -0.1) is 0 Å². The van der Waals surface area contributed by atoms with Crippen LogP contribution in [-0.2, 0) is 11.2 Å². The molecule has 0 aliphatic rings. The number of alkyl halides is 6. The molecular weight excluding hydrogens is 365 g/mol. The van der Waals surface area contributed by atoms with Gasteiger partial charge in [-0.25, -0.2) is 9.38 Å². The molecule has 0 amide bonds. The minimum Gasteiger partial charge on any atom is -0.611 e. The van der Waals surface area contributed by atoms with E-state index >= 15 is 0 Å². The maximum Gasteiger partial charge on any atom is 0.449 e. The largest absolute Gasteiger partial charge is 0.611 e. The molecule has 24 heavy (non-hydrogen) atoms. The number of aliphatic imine (C=N–C) groups is 1. The van der Waals surface area contributed by atoms with E-state index in [1.54, 1.807) is 0 Å². The maximum absolute atomic E-state index is 13.8. The summed E-state index contributed by atoms with van der Waals surface area (Å²) in [4.78, 5) is 3.30. The van der Waals surface area contributed by atoms with Crippen LogP contribution in [0.25, 0.3) is 0 Å². The Kier molecular flexibility index (Phi) is 6.15. The van der Waals surface area contributed by atoms with Crippen molar-refractivity contribution in [2.24, 2.45) is 4.99 Å². The Labute approximate surface area is 136 Å². The summed E-state index contributed by atoms with van der Waals surface area (Å²) in [5, 5.41) is 0. The number of aryl methyl sites for hydroxylation is 1. The number of hydrogen-bond acceptors (Lipinski definition) is 2. The third-order valence-corrected chi connectivity index (χ3v) is 4.21. The van der Waals surface area contributed by atoms with Gasteiger partial charge < -0.3 is 9.45 Å². The Bertz CT molecular complexity index is 626. The van der Waals surface area contributed by atoms with Gasteiger partial charge in [-0.1, -0.05) is 0 Å². The molecule has 1 aromatic rings. The van der Waals surface area contributed by atoms with Crippen LogP contribution in [0.2, 0.25) is 0 Å². The highest BCUT2D eigenvalue weighted by molar-refractivity contribution is 7.91. The van der Waals surface area contributed by atoms with Crippen molar-refractivity contribution < 1.29 is 35.3 Å². The predicted molar refractivity (Wildman–Crippen MR) is 75.3 cm³/mol. The van der Waals surface area contributed by atoms with Crippen LogP contribution in [0.3, 0.4) is 0 Å². The average Bonchev–Trinajstić information content (AvgIpc) is 2.33. The molecule has 0 N–H and O–H groups in total. The van der Waals surface area contributed by atoms with Crippen molar-refractivity contribution in [2.45, 2.75) is 24.2 Å². The summed E-state index contributed by atoms with van der Waals surface area (Å²) in [6, 6.07) is 1.34. The maximum atomic E-state index is 13.8. The van der Waals surface area contributed by atoms with Gasteiger partial charge in [-0.3, -0.25) is 0 Å². The number of amidine groups is 1. The van der Waals surface area contributed by atoms with Crippen molar-refractivity contribution in [1.29, 1.82) is 0 Å². The molecule has 0 aliphatic heterocycles. The molecule has 1 unspecified atom stereocenters. The summed E-state index contributed by atoms with van der Waals surface area (Å²) in [6.45, 7) is 1.21. The second-order valence-electron chi connectivity index (χ2n) is 5.00. The highest BCUT2D eigenvalue weighted by Crippen LogP contribution is 2.31. The number of halogens is 7. The highest BCUT2D eigenvalue weighted by Gasteiger charge is 2.39. The third kappa shape index (κ3) is 5.55. The van der Waals surface area contributed by atoms with Crippen molar-refractivity contribution in [3.05, 3.63) is 23.5 Å². The van der Waals surface area contributed by atoms with Gasteiger partial charge in [0.2, 0.25) is 11.6 Å². The molecule has 136 valence electrons. The molecule has 0 fully saturated rings. The van der Waals surface area contributed by atoms with Crippen LogP contribution in [0.15, 0.2) is 22.0 Å². The van der Waals surface area contributed by atoms with E-state index in [1.807, 2.05) is 0 Å². The summed E-state index contributed by atoms with van der Waals surface area (Å²) in [5.41, 5.74) is -0.917. The number of hydrogen-bond donors (Lipinski definition) is 0. The molecule has 1 atom stereocenters. The van der Waals surface area contributed by atoms with Crippen LogP contribution in [0.4, 0.5) is 36.4 Å². The van der Waals surface area contributed by atoms with E-state index in [2.05, 4.69) is 4.99 Å². The number of nitrogens with zero attached hydrogens (tertiary/aromatic N) is 2. The minimum absolute atomic E-state index is 0.0764. The van der Waals surface area contributed by atoms with E-state index in [0.29, 0.717) is 17.0 Å². The Morgan fingerprint density at radius 1 is 1.17 bits per heavy atom. The van der Waals surface area contributed by atoms with Crippen LogP contribution in [0, 0.1) is 12.7 Å². The predicted octanol–water partition coefficient (Wildman–Crippen LogP) is 3.96. The first kappa shape index (κ1) is 20.6. The molecule has 0 aromatic heterocycles. The molecule has 0 bridgehead atoms. The van der Waals surface area contributed by atoms with E-state index < -0.39 is 51.5 Å². The van der Waals surface area contributed by atoms with Crippen molar-refractivity contribution in [2.75, 3.05) is 19.8 Å².